The quantitative estimate of drug-likeness (QED) is 0.651. The molecule has 0 amide bonds. The van der Waals surface area contributed by atoms with E-state index in [-0.39, 0.29) is 18.0 Å². The van der Waals surface area contributed by atoms with Crippen LogP contribution in [0.5, 0.6) is 11.5 Å². The van der Waals surface area contributed by atoms with Gasteiger partial charge < -0.3 is 14.6 Å². The smallest absolute Gasteiger partial charge is 0.314 e. The molecule has 1 unspecified atom stereocenters. The van der Waals surface area contributed by atoms with Crippen LogP contribution in [0.1, 0.15) is 11.7 Å². The number of nitrogens with zero attached hydrogens (tertiary/aromatic N) is 1. The summed E-state index contributed by atoms with van der Waals surface area (Å²) in [7, 11) is 1.42. The van der Waals surface area contributed by atoms with Crippen molar-refractivity contribution < 1.29 is 19.5 Å². The predicted molar refractivity (Wildman–Crippen MR) is 81.6 cm³/mol. The highest BCUT2D eigenvalue weighted by atomic mass is 35.5. The molecule has 0 aromatic heterocycles. The minimum atomic E-state index is -0.990. The number of benzene rings is 2. The van der Waals surface area contributed by atoms with E-state index in [2.05, 4.69) is 0 Å². The molecule has 0 fully saturated rings. The lowest BCUT2D eigenvalue weighted by Gasteiger charge is -2.14. The molecule has 0 bridgehead atoms. The van der Waals surface area contributed by atoms with Gasteiger partial charge in [-0.05, 0) is 18.2 Å². The average molecular weight is 324 g/mol. The molecule has 2 rings (SSSR count). The van der Waals surface area contributed by atoms with Gasteiger partial charge in [0.1, 0.15) is 18.5 Å². The standard InChI is InChI=1S/C15H14ClNO5/c1-21-10-6-7-15(13(8-10)17(19)20)22-9-14(18)11-4-2-3-5-12(11)16/h2-8,14,18H,9H2,1H3. The van der Waals surface area contributed by atoms with Gasteiger partial charge in [-0.15, -0.1) is 0 Å². The number of halogens is 1. The van der Waals surface area contributed by atoms with E-state index in [1.165, 1.54) is 19.2 Å². The number of aliphatic hydroxyl groups is 1. The highest BCUT2D eigenvalue weighted by Crippen LogP contribution is 2.32. The summed E-state index contributed by atoms with van der Waals surface area (Å²) in [6, 6.07) is 11.0. The maximum absolute atomic E-state index is 11.0. The van der Waals surface area contributed by atoms with Crippen molar-refractivity contribution in [3.8, 4) is 11.5 Å². The minimum Gasteiger partial charge on any atom is -0.496 e. The Bertz CT molecular complexity index is 677. The Kier molecular flexibility index (Phi) is 5.19. The molecule has 1 N–H and O–H groups in total. The zero-order chi connectivity index (χ0) is 16.1. The van der Waals surface area contributed by atoms with Crippen molar-refractivity contribution >= 4 is 17.3 Å². The molecule has 1 atom stereocenters. The van der Waals surface area contributed by atoms with Crippen molar-refractivity contribution in [2.24, 2.45) is 0 Å². The fourth-order valence-electron chi connectivity index (χ4n) is 1.89. The number of methoxy groups -OCH3 is 1. The van der Waals surface area contributed by atoms with E-state index in [1.54, 1.807) is 30.3 Å². The Morgan fingerprint density at radius 2 is 2.05 bits per heavy atom. The Balaban J connectivity index is 2.14. The Morgan fingerprint density at radius 1 is 1.32 bits per heavy atom. The summed E-state index contributed by atoms with van der Waals surface area (Å²) in [5.41, 5.74) is 0.269. The normalized spacial score (nSPS) is 11.8. The van der Waals surface area contributed by atoms with Gasteiger partial charge in [-0.3, -0.25) is 10.1 Å². The van der Waals surface area contributed by atoms with Crippen LogP contribution in [0.15, 0.2) is 42.5 Å². The second-order valence-electron chi connectivity index (χ2n) is 4.44. The molecule has 6 nitrogen and oxygen atoms in total. The van der Waals surface area contributed by atoms with E-state index >= 15 is 0 Å². The Labute approximate surface area is 132 Å². The van der Waals surface area contributed by atoms with Crippen LogP contribution in [0, 0.1) is 10.1 Å². The van der Waals surface area contributed by atoms with Crippen LogP contribution in [0.3, 0.4) is 0 Å². The lowest BCUT2D eigenvalue weighted by molar-refractivity contribution is -0.386. The number of rotatable bonds is 6. The summed E-state index contributed by atoms with van der Waals surface area (Å²) in [6.07, 6.45) is -0.990. The number of hydrogen-bond donors (Lipinski definition) is 1. The second-order valence-corrected chi connectivity index (χ2v) is 4.85. The first-order valence-corrected chi connectivity index (χ1v) is 6.78. The summed E-state index contributed by atoms with van der Waals surface area (Å²) in [4.78, 5) is 10.5. The molecule has 22 heavy (non-hydrogen) atoms. The van der Waals surface area contributed by atoms with Gasteiger partial charge in [-0.2, -0.15) is 0 Å². The topological polar surface area (TPSA) is 81.8 Å². The highest BCUT2D eigenvalue weighted by Gasteiger charge is 2.19. The fraction of sp³-hybridized carbons (Fsp3) is 0.200. The van der Waals surface area contributed by atoms with E-state index in [9.17, 15) is 15.2 Å². The number of ether oxygens (including phenoxy) is 2. The van der Waals surface area contributed by atoms with E-state index in [0.717, 1.165) is 0 Å². The van der Waals surface area contributed by atoms with Crippen LogP contribution >= 0.6 is 11.6 Å². The van der Waals surface area contributed by atoms with Crippen LogP contribution < -0.4 is 9.47 Å². The third kappa shape index (κ3) is 3.66. The van der Waals surface area contributed by atoms with Gasteiger partial charge in [-0.1, -0.05) is 29.8 Å². The summed E-state index contributed by atoms with van der Waals surface area (Å²) in [5.74, 6) is 0.405. The number of nitro benzene ring substituents is 1. The van der Waals surface area contributed by atoms with Crippen LogP contribution in [0.4, 0.5) is 5.69 Å². The lowest BCUT2D eigenvalue weighted by atomic mass is 10.1. The van der Waals surface area contributed by atoms with E-state index in [0.29, 0.717) is 16.3 Å². The van der Waals surface area contributed by atoms with Gasteiger partial charge in [0.2, 0.25) is 0 Å². The molecule has 2 aromatic rings. The molecule has 0 spiro atoms. The van der Waals surface area contributed by atoms with E-state index < -0.39 is 11.0 Å². The van der Waals surface area contributed by atoms with Gasteiger partial charge >= 0.3 is 5.69 Å². The summed E-state index contributed by atoms with van der Waals surface area (Å²) >= 11 is 5.98. The van der Waals surface area contributed by atoms with Crippen LogP contribution in [0.2, 0.25) is 5.02 Å². The van der Waals surface area contributed by atoms with Crippen LogP contribution in [-0.4, -0.2) is 23.7 Å². The largest absolute Gasteiger partial charge is 0.496 e. The molecule has 7 heteroatoms. The molecule has 0 aliphatic rings. The molecular formula is C15H14ClNO5. The summed E-state index contributed by atoms with van der Waals surface area (Å²) in [5, 5.41) is 21.5. The first kappa shape index (κ1) is 16.1. The number of aliphatic hydroxyl groups excluding tert-OH is 1. The van der Waals surface area contributed by atoms with Crippen molar-refractivity contribution in [1.82, 2.24) is 0 Å². The monoisotopic (exact) mass is 323 g/mol. The van der Waals surface area contributed by atoms with Crippen molar-refractivity contribution in [3.63, 3.8) is 0 Å². The van der Waals surface area contributed by atoms with Crippen molar-refractivity contribution in [3.05, 3.63) is 63.2 Å². The molecule has 0 saturated carbocycles. The first-order valence-electron chi connectivity index (χ1n) is 6.40. The van der Waals surface area contributed by atoms with Crippen molar-refractivity contribution in [1.29, 1.82) is 0 Å². The molecule has 0 aliphatic heterocycles. The maximum Gasteiger partial charge on any atom is 0.314 e. The summed E-state index contributed by atoms with van der Waals surface area (Å²) in [6.45, 7) is -0.156. The van der Waals surface area contributed by atoms with Gasteiger partial charge in [0, 0.05) is 10.6 Å². The third-order valence-corrected chi connectivity index (χ3v) is 3.37. The van der Waals surface area contributed by atoms with Gasteiger partial charge in [0.25, 0.3) is 0 Å². The molecule has 0 saturated heterocycles. The predicted octanol–water partition coefficient (Wildman–Crippen LogP) is 3.37. The van der Waals surface area contributed by atoms with Crippen molar-refractivity contribution in [2.45, 2.75) is 6.10 Å². The van der Waals surface area contributed by atoms with E-state index in [1.807, 2.05) is 0 Å². The Morgan fingerprint density at radius 3 is 2.68 bits per heavy atom. The van der Waals surface area contributed by atoms with Gasteiger partial charge in [0.05, 0.1) is 18.1 Å². The lowest BCUT2D eigenvalue weighted by Crippen LogP contribution is -2.11. The maximum atomic E-state index is 11.0. The van der Waals surface area contributed by atoms with Crippen molar-refractivity contribution in [2.75, 3.05) is 13.7 Å². The SMILES string of the molecule is COc1ccc(OCC(O)c2ccccc2Cl)c([N+](=O)[O-])c1. The third-order valence-electron chi connectivity index (χ3n) is 3.02. The molecule has 0 aliphatic carbocycles. The van der Waals surface area contributed by atoms with Gasteiger partial charge in [-0.25, -0.2) is 0 Å². The average Bonchev–Trinajstić information content (AvgIpc) is 2.52. The van der Waals surface area contributed by atoms with Gasteiger partial charge in [0.15, 0.2) is 5.75 Å². The molecule has 2 aromatic carbocycles. The second kappa shape index (κ2) is 7.11. The highest BCUT2D eigenvalue weighted by molar-refractivity contribution is 6.31. The zero-order valence-electron chi connectivity index (χ0n) is 11.7. The number of nitro groups is 1. The number of hydrogen-bond acceptors (Lipinski definition) is 5. The minimum absolute atomic E-state index is 0.0527. The molecule has 0 radical (unpaired) electrons. The molecule has 0 heterocycles. The van der Waals surface area contributed by atoms with Crippen LogP contribution in [0.25, 0.3) is 0 Å². The zero-order valence-corrected chi connectivity index (χ0v) is 12.5. The molecular weight excluding hydrogens is 310 g/mol. The molecule has 116 valence electrons. The summed E-state index contributed by atoms with van der Waals surface area (Å²) < 4.78 is 10.3. The van der Waals surface area contributed by atoms with E-state index in [4.69, 9.17) is 21.1 Å². The Hall–Kier alpha value is -2.31. The van der Waals surface area contributed by atoms with Crippen LogP contribution in [-0.2, 0) is 0 Å². The fourth-order valence-corrected chi connectivity index (χ4v) is 2.15. The first-order chi connectivity index (χ1) is 10.5.